The Kier molecular flexibility index (Phi) is 4.61. The molecule has 0 spiro atoms. The Labute approximate surface area is 96.1 Å². The molecule has 1 unspecified atom stereocenters. The zero-order chi connectivity index (χ0) is 11.4. The SMILES string of the molecule is CC(C)C(C)Sc1ccc([C@H](C)O)cn1. The molecule has 0 radical (unpaired) electrons. The molecule has 0 aliphatic heterocycles. The number of aliphatic hydroxyl groups is 1. The van der Waals surface area contributed by atoms with Crippen LogP contribution in [0.5, 0.6) is 0 Å². The molecule has 0 aliphatic carbocycles. The first-order valence-corrected chi connectivity index (χ1v) is 6.19. The van der Waals surface area contributed by atoms with Gasteiger partial charge >= 0.3 is 0 Å². The van der Waals surface area contributed by atoms with E-state index in [1.165, 1.54) is 0 Å². The van der Waals surface area contributed by atoms with Crippen molar-refractivity contribution < 1.29 is 5.11 Å². The summed E-state index contributed by atoms with van der Waals surface area (Å²) < 4.78 is 0. The lowest BCUT2D eigenvalue weighted by Gasteiger charge is -2.14. The minimum atomic E-state index is -0.431. The van der Waals surface area contributed by atoms with Gasteiger partial charge < -0.3 is 5.11 Å². The predicted molar refractivity (Wildman–Crippen MR) is 65.0 cm³/mol. The highest BCUT2D eigenvalue weighted by atomic mass is 32.2. The molecule has 2 atom stereocenters. The molecular weight excluding hydrogens is 206 g/mol. The first kappa shape index (κ1) is 12.5. The molecule has 15 heavy (non-hydrogen) atoms. The number of rotatable bonds is 4. The van der Waals surface area contributed by atoms with Gasteiger partial charge in [-0.2, -0.15) is 0 Å². The quantitative estimate of drug-likeness (QED) is 0.798. The van der Waals surface area contributed by atoms with E-state index in [1.807, 2.05) is 12.1 Å². The molecule has 1 rings (SSSR count). The van der Waals surface area contributed by atoms with Crippen molar-refractivity contribution >= 4 is 11.8 Å². The van der Waals surface area contributed by atoms with Gasteiger partial charge in [0.2, 0.25) is 0 Å². The Balaban J connectivity index is 2.64. The lowest BCUT2D eigenvalue weighted by Crippen LogP contribution is -2.05. The number of aromatic nitrogens is 1. The van der Waals surface area contributed by atoms with Crippen molar-refractivity contribution in [3.8, 4) is 0 Å². The van der Waals surface area contributed by atoms with Crippen molar-refractivity contribution in [2.75, 3.05) is 0 Å². The van der Waals surface area contributed by atoms with E-state index in [0.29, 0.717) is 11.2 Å². The van der Waals surface area contributed by atoms with Crippen molar-refractivity contribution in [2.24, 2.45) is 5.92 Å². The summed E-state index contributed by atoms with van der Waals surface area (Å²) in [6.45, 7) is 8.38. The van der Waals surface area contributed by atoms with Crippen LogP contribution in [0, 0.1) is 5.92 Å². The number of pyridine rings is 1. The first-order chi connectivity index (χ1) is 7.00. The number of hydrogen-bond donors (Lipinski definition) is 1. The van der Waals surface area contributed by atoms with Crippen LogP contribution >= 0.6 is 11.8 Å². The van der Waals surface area contributed by atoms with E-state index in [9.17, 15) is 5.11 Å². The average Bonchev–Trinajstić information content (AvgIpc) is 2.18. The molecule has 3 heteroatoms. The van der Waals surface area contributed by atoms with Gasteiger partial charge in [0.25, 0.3) is 0 Å². The van der Waals surface area contributed by atoms with Crippen LogP contribution in [-0.4, -0.2) is 15.3 Å². The van der Waals surface area contributed by atoms with Crippen LogP contribution in [0.25, 0.3) is 0 Å². The summed E-state index contributed by atoms with van der Waals surface area (Å²) in [5.41, 5.74) is 0.872. The highest BCUT2D eigenvalue weighted by molar-refractivity contribution is 7.99. The van der Waals surface area contributed by atoms with Crippen molar-refractivity contribution in [2.45, 2.75) is 44.1 Å². The maximum Gasteiger partial charge on any atom is 0.0962 e. The fourth-order valence-electron chi connectivity index (χ4n) is 1.04. The highest BCUT2D eigenvalue weighted by Crippen LogP contribution is 2.26. The molecule has 1 aromatic rings. The van der Waals surface area contributed by atoms with Crippen molar-refractivity contribution in [3.05, 3.63) is 23.9 Å². The third-order valence-corrected chi connectivity index (χ3v) is 3.89. The molecule has 1 N–H and O–H groups in total. The molecule has 0 saturated heterocycles. The fourth-order valence-corrected chi connectivity index (χ4v) is 1.95. The van der Waals surface area contributed by atoms with E-state index in [2.05, 4.69) is 25.8 Å². The van der Waals surface area contributed by atoms with Crippen LogP contribution in [0.2, 0.25) is 0 Å². The Morgan fingerprint density at radius 1 is 1.20 bits per heavy atom. The summed E-state index contributed by atoms with van der Waals surface area (Å²) in [6.07, 6.45) is 1.32. The van der Waals surface area contributed by atoms with E-state index < -0.39 is 6.10 Å². The molecule has 0 bridgehead atoms. The normalized spacial score (nSPS) is 15.3. The molecule has 0 saturated carbocycles. The van der Waals surface area contributed by atoms with Crippen LogP contribution in [0.15, 0.2) is 23.4 Å². The Morgan fingerprint density at radius 2 is 1.87 bits per heavy atom. The average molecular weight is 225 g/mol. The first-order valence-electron chi connectivity index (χ1n) is 5.31. The Morgan fingerprint density at radius 3 is 2.27 bits per heavy atom. The third kappa shape index (κ3) is 3.84. The number of aliphatic hydroxyl groups excluding tert-OH is 1. The minimum absolute atomic E-state index is 0.431. The van der Waals surface area contributed by atoms with E-state index in [-0.39, 0.29) is 0 Å². The van der Waals surface area contributed by atoms with Crippen molar-refractivity contribution in [3.63, 3.8) is 0 Å². The van der Waals surface area contributed by atoms with Crippen LogP contribution in [0.4, 0.5) is 0 Å². The summed E-state index contributed by atoms with van der Waals surface area (Å²) in [5.74, 6) is 0.647. The van der Waals surface area contributed by atoms with Gasteiger partial charge in [0.05, 0.1) is 11.1 Å². The zero-order valence-electron chi connectivity index (χ0n) is 9.77. The molecule has 0 fully saturated rings. The Hall–Kier alpha value is -0.540. The van der Waals surface area contributed by atoms with Crippen molar-refractivity contribution in [1.82, 2.24) is 4.98 Å². The number of thioether (sulfide) groups is 1. The van der Waals surface area contributed by atoms with Gasteiger partial charge in [0, 0.05) is 11.4 Å². The van der Waals surface area contributed by atoms with Gasteiger partial charge in [-0.3, -0.25) is 0 Å². The van der Waals surface area contributed by atoms with Crippen LogP contribution < -0.4 is 0 Å². The largest absolute Gasteiger partial charge is 0.389 e. The maximum absolute atomic E-state index is 9.34. The van der Waals surface area contributed by atoms with Gasteiger partial charge in [-0.05, 0) is 24.5 Å². The second-order valence-corrected chi connectivity index (χ2v) is 5.57. The van der Waals surface area contributed by atoms with E-state index in [1.54, 1.807) is 24.9 Å². The summed E-state index contributed by atoms with van der Waals surface area (Å²) in [6, 6.07) is 3.92. The number of nitrogens with zero attached hydrogens (tertiary/aromatic N) is 1. The fraction of sp³-hybridized carbons (Fsp3) is 0.583. The molecule has 0 aromatic carbocycles. The molecule has 2 nitrogen and oxygen atoms in total. The second-order valence-electron chi connectivity index (χ2n) is 4.17. The molecule has 0 amide bonds. The summed E-state index contributed by atoms with van der Waals surface area (Å²) in [7, 11) is 0. The summed E-state index contributed by atoms with van der Waals surface area (Å²) >= 11 is 1.78. The molecule has 84 valence electrons. The minimum Gasteiger partial charge on any atom is -0.389 e. The summed E-state index contributed by atoms with van der Waals surface area (Å²) in [5, 5.41) is 10.9. The van der Waals surface area contributed by atoms with Crippen LogP contribution in [-0.2, 0) is 0 Å². The maximum atomic E-state index is 9.34. The van der Waals surface area contributed by atoms with Gasteiger partial charge in [-0.1, -0.05) is 26.8 Å². The topological polar surface area (TPSA) is 33.1 Å². The Bertz CT molecular complexity index is 295. The highest BCUT2D eigenvalue weighted by Gasteiger charge is 2.09. The second kappa shape index (κ2) is 5.52. The van der Waals surface area contributed by atoms with Crippen LogP contribution in [0.3, 0.4) is 0 Å². The lowest BCUT2D eigenvalue weighted by molar-refractivity contribution is 0.198. The van der Waals surface area contributed by atoms with Gasteiger partial charge in [0.15, 0.2) is 0 Å². The standard InChI is InChI=1S/C12H19NOS/c1-8(2)10(4)15-12-6-5-11(7-13-12)9(3)14/h5-10,14H,1-4H3/t9-,10?/m0/s1. The molecule has 0 aliphatic rings. The third-order valence-electron chi connectivity index (χ3n) is 2.49. The van der Waals surface area contributed by atoms with E-state index in [4.69, 9.17) is 0 Å². The predicted octanol–water partition coefficient (Wildman–Crippen LogP) is 3.27. The van der Waals surface area contributed by atoms with Crippen LogP contribution in [0.1, 0.15) is 39.4 Å². The van der Waals surface area contributed by atoms with Gasteiger partial charge in [0.1, 0.15) is 0 Å². The number of hydrogen-bond acceptors (Lipinski definition) is 3. The zero-order valence-corrected chi connectivity index (χ0v) is 10.6. The molecular formula is C12H19NOS. The molecule has 1 heterocycles. The van der Waals surface area contributed by atoms with Crippen molar-refractivity contribution in [1.29, 1.82) is 0 Å². The smallest absolute Gasteiger partial charge is 0.0962 e. The van der Waals surface area contributed by atoms with E-state index in [0.717, 1.165) is 10.6 Å². The summed E-state index contributed by atoms with van der Waals surface area (Å²) in [4.78, 5) is 4.33. The van der Waals surface area contributed by atoms with E-state index >= 15 is 0 Å². The monoisotopic (exact) mass is 225 g/mol. The molecule has 1 aromatic heterocycles. The lowest BCUT2D eigenvalue weighted by atomic mass is 10.2. The van der Waals surface area contributed by atoms with Gasteiger partial charge in [-0.15, -0.1) is 11.8 Å². The van der Waals surface area contributed by atoms with Gasteiger partial charge in [-0.25, -0.2) is 4.98 Å².